The van der Waals surface area contributed by atoms with E-state index in [0.717, 1.165) is 16.8 Å². The fraction of sp³-hybridized carbons (Fsp3) is 0.0952. The van der Waals surface area contributed by atoms with Crippen molar-refractivity contribution in [1.82, 2.24) is 20.3 Å². The molecule has 0 aliphatic rings. The third kappa shape index (κ3) is 3.37. The molecule has 0 fully saturated rings. The number of amides is 1. The Balaban J connectivity index is 1.60. The van der Waals surface area contributed by atoms with Crippen LogP contribution in [0.5, 0.6) is 0 Å². The van der Waals surface area contributed by atoms with Crippen LogP contribution < -0.4 is 5.32 Å². The van der Waals surface area contributed by atoms with Crippen LogP contribution in [-0.4, -0.2) is 20.8 Å². The summed E-state index contributed by atoms with van der Waals surface area (Å²) in [6.07, 6.45) is 4.98. The Kier molecular flexibility index (Phi) is 4.53. The van der Waals surface area contributed by atoms with Crippen LogP contribution in [0, 0.1) is 0 Å². The summed E-state index contributed by atoms with van der Waals surface area (Å²) in [5.41, 5.74) is 3.66. The largest absolute Gasteiger partial charge is 0.363 e. The Labute approximate surface area is 156 Å². The van der Waals surface area contributed by atoms with Crippen molar-refractivity contribution in [3.05, 3.63) is 90.4 Å². The normalized spacial score (nSPS) is 11.9. The van der Waals surface area contributed by atoms with Gasteiger partial charge in [0.25, 0.3) is 5.91 Å². The summed E-state index contributed by atoms with van der Waals surface area (Å²) >= 11 is 0. The molecule has 1 atom stereocenters. The van der Waals surface area contributed by atoms with E-state index in [9.17, 15) is 4.79 Å². The van der Waals surface area contributed by atoms with Gasteiger partial charge in [0.1, 0.15) is 17.5 Å². The molecular formula is C21H18N4O2. The predicted molar refractivity (Wildman–Crippen MR) is 101 cm³/mol. The maximum Gasteiger partial charge on any atom is 0.257 e. The molecule has 1 amide bonds. The average molecular weight is 358 g/mol. The minimum Gasteiger partial charge on any atom is -0.363 e. The number of nitrogens with zero attached hydrogens (tertiary/aromatic N) is 3. The molecule has 2 aromatic carbocycles. The standard InChI is InChI=1S/C21H18N4O2/c1-15(17-10-5-6-11-19(17)25-13-7-12-22-25)23-21(26)18-14-27-24-20(18)16-8-3-2-4-9-16/h2-15H,1H3,(H,23,26). The molecule has 0 radical (unpaired) electrons. The number of carbonyl (C=O) groups is 1. The van der Waals surface area contributed by atoms with Gasteiger partial charge < -0.3 is 9.84 Å². The minimum absolute atomic E-state index is 0.226. The lowest BCUT2D eigenvalue weighted by Crippen LogP contribution is -2.27. The Morgan fingerprint density at radius 2 is 1.85 bits per heavy atom. The molecule has 4 rings (SSSR count). The first kappa shape index (κ1) is 16.8. The van der Waals surface area contributed by atoms with Gasteiger partial charge in [-0.2, -0.15) is 5.10 Å². The van der Waals surface area contributed by atoms with Crippen LogP contribution >= 0.6 is 0 Å². The third-order valence-electron chi connectivity index (χ3n) is 4.36. The fourth-order valence-electron chi connectivity index (χ4n) is 3.03. The van der Waals surface area contributed by atoms with Crippen molar-refractivity contribution in [2.24, 2.45) is 0 Å². The molecule has 6 nitrogen and oxygen atoms in total. The summed E-state index contributed by atoms with van der Waals surface area (Å²) in [5.74, 6) is -0.238. The van der Waals surface area contributed by atoms with Gasteiger partial charge in [0.2, 0.25) is 0 Å². The number of hydrogen-bond donors (Lipinski definition) is 1. The van der Waals surface area contributed by atoms with Gasteiger partial charge in [0, 0.05) is 18.0 Å². The first-order valence-corrected chi connectivity index (χ1v) is 8.63. The predicted octanol–water partition coefficient (Wildman–Crippen LogP) is 4.02. The number of aromatic nitrogens is 3. The highest BCUT2D eigenvalue weighted by atomic mass is 16.5. The Hall–Kier alpha value is -3.67. The number of hydrogen-bond acceptors (Lipinski definition) is 4. The smallest absolute Gasteiger partial charge is 0.257 e. The van der Waals surface area contributed by atoms with Crippen LogP contribution in [0.4, 0.5) is 0 Å². The van der Waals surface area contributed by atoms with Crippen LogP contribution in [0.1, 0.15) is 28.9 Å². The van der Waals surface area contributed by atoms with Crippen LogP contribution in [0.2, 0.25) is 0 Å². The van der Waals surface area contributed by atoms with Crippen molar-refractivity contribution in [2.45, 2.75) is 13.0 Å². The van der Waals surface area contributed by atoms with Gasteiger partial charge in [-0.15, -0.1) is 0 Å². The van der Waals surface area contributed by atoms with E-state index in [2.05, 4.69) is 15.6 Å². The van der Waals surface area contributed by atoms with Gasteiger partial charge in [0.15, 0.2) is 0 Å². The zero-order chi connectivity index (χ0) is 18.6. The summed E-state index contributed by atoms with van der Waals surface area (Å²) in [5, 5.41) is 11.3. The van der Waals surface area contributed by atoms with Gasteiger partial charge >= 0.3 is 0 Å². The van der Waals surface area contributed by atoms with Crippen LogP contribution in [-0.2, 0) is 0 Å². The zero-order valence-corrected chi connectivity index (χ0v) is 14.7. The molecule has 2 heterocycles. The number of carbonyl (C=O) groups excluding carboxylic acids is 1. The van der Waals surface area contributed by atoms with Crippen molar-refractivity contribution in [3.63, 3.8) is 0 Å². The molecule has 4 aromatic rings. The van der Waals surface area contributed by atoms with Crippen molar-refractivity contribution in [3.8, 4) is 16.9 Å². The molecule has 0 aliphatic heterocycles. The molecule has 2 aromatic heterocycles. The maximum atomic E-state index is 12.8. The highest BCUT2D eigenvalue weighted by Crippen LogP contribution is 2.24. The van der Waals surface area contributed by atoms with E-state index in [-0.39, 0.29) is 11.9 Å². The molecule has 134 valence electrons. The molecule has 0 saturated heterocycles. The summed E-state index contributed by atoms with van der Waals surface area (Å²) in [4.78, 5) is 12.8. The van der Waals surface area contributed by atoms with Gasteiger partial charge in [-0.1, -0.05) is 53.7 Å². The van der Waals surface area contributed by atoms with Gasteiger partial charge in [-0.3, -0.25) is 4.79 Å². The van der Waals surface area contributed by atoms with Crippen LogP contribution in [0.25, 0.3) is 16.9 Å². The highest BCUT2D eigenvalue weighted by Gasteiger charge is 2.20. The number of para-hydroxylation sites is 1. The van der Waals surface area contributed by atoms with E-state index < -0.39 is 0 Å². The van der Waals surface area contributed by atoms with Crippen molar-refractivity contribution in [1.29, 1.82) is 0 Å². The van der Waals surface area contributed by atoms with E-state index in [1.54, 1.807) is 10.9 Å². The van der Waals surface area contributed by atoms with Crippen molar-refractivity contribution in [2.75, 3.05) is 0 Å². The SMILES string of the molecule is CC(NC(=O)c1conc1-c1ccccc1)c1ccccc1-n1cccn1. The van der Waals surface area contributed by atoms with Crippen LogP contribution in [0.15, 0.2) is 83.8 Å². The molecule has 6 heteroatoms. The second-order valence-corrected chi connectivity index (χ2v) is 6.15. The van der Waals surface area contributed by atoms with E-state index in [4.69, 9.17) is 4.52 Å². The summed E-state index contributed by atoms with van der Waals surface area (Å²) in [7, 11) is 0. The lowest BCUT2D eigenvalue weighted by molar-refractivity contribution is 0.0940. The van der Waals surface area contributed by atoms with E-state index >= 15 is 0 Å². The highest BCUT2D eigenvalue weighted by molar-refractivity contribution is 5.99. The molecule has 1 N–H and O–H groups in total. The fourth-order valence-corrected chi connectivity index (χ4v) is 3.03. The first-order chi connectivity index (χ1) is 13.2. The molecule has 0 aliphatic carbocycles. The molecule has 1 unspecified atom stereocenters. The second kappa shape index (κ2) is 7.29. The lowest BCUT2D eigenvalue weighted by Gasteiger charge is -2.18. The van der Waals surface area contributed by atoms with E-state index in [0.29, 0.717) is 11.3 Å². The van der Waals surface area contributed by atoms with Crippen LogP contribution in [0.3, 0.4) is 0 Å². The molecular weight excluding hydrogens is 340 g/mol. The lowest BCUT2D eigenvalue weighted by atomic mass is 10.0. The number of rotatable bonds is 5. The summed E-state index contributed by atoms with van der Waals surface area (Å²) in [6, 6.07) is 19.0. The van der Waals surface area contributed by atoms with E-state index in [1.807, 2.05) is 73.8 Å². The number of benzene rings is 2. The monoisotopic (exact) mass is 358 g/mol. The maximum absolute atomic E-state index is 12.8. The van der Waals surface area contributed by atoms with Crippen molar-refractivity contribution < 1.29 is 9.32 Å². The van der Waals surface area contributed by atoms with Gasteiger partial charge in [-0.25, -0.2) is 4.68 Å². The van der Waals surface area contributed by atoms with Gasteiger partial charge in [-0.05, 0) is 24.6 Å². The molecule has 0 bridgehead atoms. The Morgan fingerprint density at radius 3 is 2.63 bits per heavy atom. The number of nitrogens with one attached hydrogen (secondary N) is 1. The summed E-state index contributed by atoms with van der Waals surface area (Å²) in [6.45, 7) is 1.94. The Bertz CT molecular complexity index is 1040. The summed E-state index contributed by atoms with van der Waals surface area (Å²) < 4.78 is 6.85. The molecule has 0 saturated carbocycles. The third-order valence-corrected chi connectivity index (χ3v) is 4.36. The molecule has 0 spiro atoms. The first-order valence-electron chi connectivity index (χ1n) is 8.63. The topological polar surface area (TPSA) is 73.0 Å². The second-order valence-electron chi connectivity index (χ2n) is 6.15. The average Bonchev–Trinajstić information content (AvgIpc) is 3.40. The zero-order valence-electron chi connectivity index (χ0n) is 14.7. The quantitative estimate of drug-likeness (QED) is 0.585. The van der Waals surface area contributed by atoms with Crippen molar-refractivity contribution >= 4 is 5.91 Å². The molecule has 27 heavy (non-hydrogen) atoms. The van der Waals surface area contributed by atoms with Gasteiger partial charge in [0.05, 0.1) is 11.7 Å². The van der Waals surface area contributed by atoms with E-state index in [1.165, 1.54) is 6.26 Å². The Morgan fingerprint density at radius 1 is 1.07 bits per heavy atom. The minimum atomic E-state index is -0.238.